The second-order valence-corrected chi connectivity index (χ2v) is 9.68. The van der Waals surface area contributed by atoms with Crippen molar-refractivity contribution in [3.63, 3.8) is 0 Å². The summed E-state index contributed by atoms with van der Waals surface area (Å²) in [6.45, 7) is 0.376. The molecule has 9 nitrogen and oxygen atoms in total. The molecule has 174 valence electrons. The van der Waals surface area contributed by atoms with Crippen molar-refractivity contribution in [1.82, 2.24) is 14.5 Å². The Kier molecular flexibility index (Phi) is 7.52. The molecule has 33 heavy (non-hydrogen) atoms. The van der Waals surface area contributed by atoms with Gasteiger partial charge >= 0.3 is 5.69 Å². The number of rotatable bonds is 8. The van der Waals surface area contributed by atoms with Gasteiger partial charge in [-0.2, -0.15) is 0 Å². The molecule has 0 unspecified atom stereocenters. The van der Waals surface area contributed by atoms with Gasteiger partial charge in [-0.05, 0) is 35.9 Å². The zero-order valence-electron chi connectivity index (χ0n) is 17.9. The number of aromatic nitrogens is 2. The monoisotopic (exact) mass is 491 g/mol. The fourth-order valence-corrected chi connectivity index (χ4v) is 3.90. The molecule has 0 aliphatic heterocycles. The molecule has 1 N–H and O–H groups in total. The quantitative estimate of drug-likeness (QED) is 0.512. The van der Waals surface area contributed by atoms with E-state index in [9.17, 15) is 22.8 Å². The van der Waals surface area contributed by atoms with E-state index in [-0.39, 0.29) is 35.8 Å². The summed E-state index contributed by atoms with van der Waals surface area (Å²) in [5.41, 5.74) is -0.792. The summed E-state index contributed by atoms with van der Waals surface area (Å²) in [6.07, 6.45) is 2.31. The highest BCUT2D eigenvalue weighted by Gasteiger charge is 2.19. The number of nitrogens with zero attached hydrogens (tertiary/aromatic N) is 2. The van der Waals surface area contributed by atoms with Gasteiger partial charge in [0.25, 0.3) is 11.5 Å². The highest BCUT2D eigenvalue weighted by molar-refractivity contribution is 7.90. The molecule has 0 bridgehead atoms. The maximum Gasteiger partial charge on any atom is 0.335 e. The Morgan fingerprint density at radius 2 is 1.82 bits per heavy atom. The number of ether oxygens (including phenoxy) is 1. The molecule has 0 atom stereocenters. The van der Waals surface area contributed by atoms with Crippen molar-refractivity contribution in [3.05, 3.63) is 91.7 Å². The van der Waals surface area contributed by atoms with Gasteiger partial charge in [-0.25, -0.2) is 17.8 Å². The third kappa shape index (κ3) is 5.78. The molecule has 0 aliphatic rings. The molecule has 2 aromatic carbocycles. The number of halogens is 1. The van der Waals surface area contributed by atoms with Gasteiger partial charge in [0.1, 0.15) is 5.56 Å². The second kappa shape index (κ2) is 10.2. The Hall–Kier alpha value is -3.21. The van der Waals surface area contributed by atoms with Gasteiger partial charge in [0.2, 0.25) is 0 Å². The van der Waals surface area contributed by atoms with Gasteiger partial charge in [0.15, 0.2) is 9.84 Å². The number of hydrogen-bond acceptors (Lipinski definition) is 6. The van der Waals surface area contributed by atoms with Crippen molar-refractivity contribution >= 4 is 27.3 Å². The molecule has 1 heterocycles. The van der Waals surface area contributed by atoms with E-state index in [4.69, 9.17) is 16.3 Å². The average molecular weight is 492 g/mol. The van der Waals surface area contributed by atoms with Crippen LogP contribution in [0.1, 0.15) is 15.9 Å². The van der Waals surface area contributed by atoms with E-state index in [0.29, 0.717) is 10.6 Å². The zero-order chi connectivity index (χ0) is 24.2. The van der Waals surface area contributed by atoms with Crippen LogP contribution in [0.2, 0.25) is 5.02 Å². The highest BCUT2D eigenvalue weighted by atomic mass is 35.5. The van der Waals surface area contributed by atoms with Crippen LogP contribution in [0.3, 0.4) is 0 Å². The van der Waals surface area contributed by atoms with Gasteiger partial charge in [-0.15, -0.1) is 0 Å². The van der Waals surface area contributed by atoms with Crippen LogP contribution in [0.4, 0.5) is 0 Å². The summed E-state index contributed by atoms with van der Waals surface area (Å²) in [7, 11) is -1.86. The first-order valence-electron chi connectivity index (χ1n) is 9.80. The third-order valence-electron chi connectivity index (χ3n) is 4.81. The fraction of sp³-hybridized carbons (Fsp3) is 0.227. The van der Waals surface area contributed by atoms with Crippen molar-refractivity contribution in [2.24, 2.45) is 0 Å². The number of benzene rings is 2. The summed E-state index contributed by atoms with van der Waals surface area (Å²) in [6, 6.07) is 12.2. The fourth-order valence-electron chi connectivity index (χ4n) is 3.08. The van der Waals surface area contributed by atoms with E-state index < -0.39 is 27.0 Å². The van der Waals surface area contributed by atoms with Crippen LogP contribution in [0.5, 0.6) is 0 Å². The summed E-state index contributed by atoms with van der Waals surface area (Å²) < 4.78 is 30.3. The highest BCUT2D eigenvalue weighted by Crippen LogP contribution is 2.13. The molecular weight excluding hydrogens is 470 g/mol. The number of sulfone groups is 1. The van der Waals surface area contributed by atoms with Crippen LogP contribution in [0.15, 0.2) is 69.2 Å². The Morgan fingerprint density at radius 3 is 2.42 bits per heavy atom. The van der Waals surface area contributed by atoms with Gasteiger partial charge in [-0.3, -0.25) is 14.2 Å². The first-order chi connectivity index (χ1) is 15.6. The average Bonchev–Trinajstić information content (AvgIpc) is 2.77. The number of nitrogens with one attached hydrogen (secondary N) is 1. The summed E-state index contributed by atoms with van der Waals surface area (Å²) in [4.78, 5) is 39.0. The standard InChI is InChI=1S/C22H22ClN3O6S/c1-32-11-10-25-14-19(21(28)26(22(25)29)17-5-3-4-16(23)12-17)20(27)24-13-15-6-8-18(9-7-15)33(2,30)31/h3-9,12,14H,10-11,13H2,1-2H3,(H,24,27). The Morgan fingerprint density at radius 1 is 1.12 bits per heavy atom. The van der Waals surface area contributed by atoms with Crippen LogP contribution < -0.4 is 16.6 Å². The lowest BCUT2D eigenvalue weighted by Gasteiger charge is -2.13. The summed E-state index contributed by atoms with van der Waals surface area (Å²) in [5.74, 6) is -0.686. The van der Waals surface area contributed by atoms with Crippen molar-refractivity contribution in [1.29, 1.82) is 0 Å². The normalized spacial score (nSPS) is 11.4. The van der Waals surface area contributed by atoms with Crippen molar-refractivity contribution in [2.45, 2.75) is 18.0 Å². The van der Waals surface area contributed by atoms with Gasteiger partial charge in [0.05, 0.1) is 23.7 Å². The molecule has 0 fully saturated rings. The topological polar surface area (TPSA) is 116 Å². The van der Waals surface area contributed by atoms with E-state index in [0.717, 1.165) is 10.8 Å². The molecule has 0 aliphatic carbocycles. The van der Waals surface area contributed by atoms with E-state index in [1.54, 1.807) is 30.3 Å². The molecule has 1 aromatic heterocycles. The first kappa shape index (κ1) is 24.4. The first-order valence-corrected chi connectivity index (χ1v) is 12.1. The predicted octanol–water partition coefficient (Wildman–Crippen LogP) is 1.63. The van der Waals surface area contributed by atoms with Crippen LogP contribution in [-0.4, -0.2) is 43.4 Å². The molecule has 1 amide bonds. The molecule has 0 radical (unpaired) electrons. The van der Waals surface area contributed by atoms with Gasteiger partial charge in [-0.1, -0.05) is 29.8 Å². The minimum atomic E-state index is -3.33. The number of carbonyl (C=O) groups is 1. The molecule has 0 spiro atoms. The summed E-state index contributed by atoms with van der Waals surface area (Å²) >= 11 is 6.02. The Bertz CT molecular complexity index is 1390. The molecule has 11 heteroatoms. The lowest BCUT2D eigenvalue weighted by molar-refractivity contribution is 0.0947. The predicted molar refractivity (Wildman–Crippen MR) is 124 cm³/mol. The van der Waals surface area contributed by atoms with Gasteiger partial charge < -0.3 is 10.1 Å². The van der Waals surface area contributed by atoms with E-state index in [1.807, 2.05) is 0 Å². The maximum absolute atomic E-state index is 13.1. The van der Waals surface area contributed by atoms with Crippen LogP contribution in [0.25, 0.3) is 5.69 Å². The number of carbonyl (C=O) groups excluding carboxylic acids is 1. The lowest BCUT2D eigenvalue weighted by Crippen LogP contribution is -2.43. The smallest absolute Gasteiger partial charge is 0.335 e. The number of amides is 1. The van der Waals surface area contributed by atoms with E-state index in [2.05, 4.69) is 5.32 Å². The van der Waals surface area contributed by atoms with Crippen LogP contribution in [0, 0.1) is 0 Å². The molecule has 3 rings (SSSR count). The minimum Gasteiger partial charge on any atom is -0.383 e. The second-order valence-electron chi connectivity index (χ2n) is 7.23. The Labute approximate surface area is 195 Å². The van der Waals surface area contributed by atoms with Crippen molar-refractivity contribution < 1.29 is 17.9 Å². The number of methoxy groups -OCH3 is 1. The minimum absolute atomic E-state index is 0.0523. The van der Waals surface area contributed by atoms with Gasteiger partial charge in [0, 0.05) is 31.1 Å². The largest absolute Gasteiger partial charge is 0.383 e. The third-order valence-corrected chi connectivity index (χ3v) is 6.17. The molecular formula is C22H22ClN3O6S. The van der Waals surface area contributed by atoms with E-state index >= 15 is 0 Å². The van der Waals surface area contributed by atoms with Crippen LogP contribution >= 0.6 is 11.6 Å². The van der Waals surface area contributed by atoms with Crippen molar-refractivity contribution in [3.8, 4) is 5.69 Å². The van der Waals surface area contributed by atoms with E-state index in [1.165, 1.54) is 36.1 Å². The van der Waals surface area contributed by atoms with Crippen LogP contribution in [-0.2, 0) is 27.7 Å². The lowest BCUT2D eigenvalue weighted by atomic mass is 10.2. The zero-order valence-corrected chi connectivity index (χ0v) is 19.5. The molecule has 3 aromatic rings. The van der Waals surface area contributed by atoms with Crippen molar-refractivity contribution in [2.75, 3.05) is 20.0 Å². The summed E-state index contributed by atoms with van der Waals surface area (Å²) in [5, 5.41) is 2.96. The molecule has 0 saturated heterocycles. The Balaban J connectivity index is 1.95. The SMILES string of the molecule is COCCn1cc(C(=O)NCc2ccc(S(C)(=O)=O)cc2)c(=O)n(-c2cccc(Cl)c2)c1=O. The maximum atomic E-state index is 13.1. The molecule has 0 saturated carbocycles. The number of hydrogen-bond donors (Lipinski definition) is 1.